The third kappa shape index (κ3) is 4.43. The van der Waals surface area contributed by atoms with Gasteiger partial charge in [0.2, 0.25) is 0 Å². The zero-order valence-electron chi connectivity index (χ0n) is 23.8. The van der Waals surface area contributed by atoms with Crippen molar-refractivity contribution in [3.8, 4) is 17.3 Å². The van der Waals surface area contributed by atoms with Gasteiger partial charge in [-0.05, 0) is 82.2 Å². The van der Waals surface area contributed by atoms with Gasteiger partial charge < -0.3 is 9.64 Å². The van der Waals surface area contributed by atoms with E-state index in [1.807, 2.05) is 0 Å². The molecule has 3 aliphatic heterocycles. The van der Waals surface area contributed by atoms with Crippen LogP contribution >= 0.6 is 0 Å². The third-order valence-electron chi connectivity index (χ3n) is 9.84. The first-order chi connectivity index (χ1) is 19.2. The second kappa shape index (κ2) is 9.61. The van der Waals surface area contributed by atoms with Gasteiger partial charge in [0.25, 0.3) is 0 Å². The molecule has 2 bridgehead atoms. The van der Waals surface area contributed by atoms with Gasteiger partial charge in [-0.2, -0.15) is 9.97 Å². The van der Waals surface area contributed by atoms with Crippen molar-refractivity contribution in [3.05, 3.63) is 41.8 Å². The van der Waals surface area contributed by atoms with Crippen molar-refractivity contribution in [2.45, 2.75) is 70.5 Å². The molecule has 3 saturated heterocycles. The molecule has 5 heterocycles. The Morgan fingerprint density at radius 2 is 1.88 bits per heavy atom. The number of piperidine rings is 1. The van der Waals surface area contributed by atoms with Crippen LogP contribution in [0.1, 0.15) is 64.9 Å². The molecular weight excluding hydrogens is 508 g/mol. The van der Waals surface area contributed by atoms with Crippen molar-refractivity contribution >= 4 is 16.7 Å². The first-order valence-corrected chi connectivity index (χ1v) is 15.0. The van der Waals surface area contributed by atoms with Crippen LogP contribution in [0.5, 0.6) is 6.01 Å². The normalized spacial score (nSPS) is 28.4. The summed E-state index contributed by atoms with van der Waals surface area (Å²) in [5.41, 5.74) is -0.509. The molecule has 2 unspecified atom stereocenters. The van der Waals surface area contributed by atoms with E-state index in [9.17, 15) is 0 Å². The summed E-state index contributed by atoms with van der Waals surface area (Å²) in [5.74, 6) is 2.04. The Morgan fingerprint density at radius 3 is 2.65 bits per heavy atom. The average Bonchev–Trinajstić information content (AvgIpc) is 3.57. The summed E-state index contributed by atoms with van der Waals surface area (Å²) in [7, 11) is 0. The number of rotatable bonds is 6. The Morgan fingerprint density at radius 1 is 1.10 bits per heavy atom. The topological polar surface area (TPSA) is 54.4 Å². The summed E-state index contributed by atoms with van der Waals surface area (Å²) >= 11 is 0. The Hall–Kier alpha value is -2.87. The first kappa shape index (κ1) is 26.1. The first-order valence-electron chi connectivity index (χ1n) is 15.0. The predicted molar refractivity (Wildman–Crippen MR) is 153 cm³/mol. The van der Waals surface area contributed by atoms with E-state index in [4.69, 9.17) is 9.72 Å². The summed E-state index contributed by atoms with van der Waals surface area (Å²) in [6.45, 7) is 9.77. The van der Waals surface area contributed by atoms with Gasteiger partial charge in [-0.15, -0.1) is 0 Å². The van der Waals surface area contributed by atoms with E-state index in [-0.39, 0.29) is 22.8 Å². The highest BCUT2D eigenvalue weighted by atomic mass is 19.1. The highest BCUT2D eigenvalue weighted by Gasteiger charge is 2.48. The molecular formula is C32H39F2N5O. The summed E-state index contributed by atoms with van der Waals surface area (Å²) in [6.07, 6.45) is 8.76. The van der Waals surface area contributed by atoms with Gasteiger partial charge in [-0.1, -0.05) is 31.2 Å². The molecule has 212 valence electrons. The Bertz CT molecular complexity index is 1430. The molecule has 1 aromatic carbocycles. The molecule has 4 fully saturated rings. The lowest BCUT2D eigenvalue weighted by atomic mass is 9.92. The fraction of sp³-hybridized carbons (Fsp3) is 0.594. The van der Waals surface area contributed by atoms with E-state index >= 15 is 8.78 Å². The van der Waals surface area contributed by atoms with E-state index in [0.717, 1.165) is 39.0 Å². The zero-order chi connectivity index (χ0) is 27.6. The highest BCUT2D eigenvalue weighted by molar-refractivity contribution is 5.92. The van der Waals surface area contributed by atoms with Crippen LogP contribution in [-0.2, 0) is 5.67 Å². The van der Waals surface area contributed by atoms with Crippen LogP contribution in [0.25, 0.3) is 22.2 Å². The zero-order valence-corrected chi connectivity index (χ0v) is 23.8. The minimum Gasteiger partial charge on any atom is -0.461 e. The van der Waals surface area contributed by atoms with Crippen LogP contribution in [0.15, 0.2) is 30.5 Å². The Kier molecular flexibility index (Phi) is 6.26. The van der Waals surface area contributed by atoms with E-state index in [0.29, 0.717) is 46.7 Å². The molecule has 6 nitrogen and oxygen atoms in total. The van der Waals surface area contributed by atoms with Crippen LogP contribution in [0.2, 0.25) is 0 Å². The summed E-state index contributed by atoms with van der Waals surface area (Å²) in [4.78, 5) is 19.0. The van der Waals surface area contributed by atoms with Crippen molar-refractivity contribution in [1.29, 1.82) is 0 Å². The number of anilines is 1. The molecule has 7 rings (SSSR count). The summed E-state index contributed by atoms with van der Waals surface area (Å²) < 4.78 is 38.0. The molecule has 0 N–H and O–H groups in total. The van der Waals surface area contributed by atoms with Crippen LogP contribution in [0.3, 0.4) is 0 Å². The average molecular weight is 548 g/mol. The van der Waals surface area contributed by atoms with Gasteiger partial charge in [0.15, 0.2) is 5.82 Å². The van der Waals surface area contributed by atoms with Crippen molar-refractivity contribution in [3.63, 3.8) is 0 Å². The minimum absolute atomic E-state index is 0.00965. The molecule has 2 aromatic heterocycles. The van der Waals surface area contributed by atoms with Crippen LogP contribution in [-0.4, -0.2) is 58.2 Å². The number of hydrogen-bond donors (Lipinski definition) is 0. The lowest BCUT2D eigenvalue weighted by Gasteiger charge is -2.34. The highest BCUT2D eigenvalue weighted by Crippen LogP contribution is 2.43. The molecule has 0 amide bonds. The molecule has 4 aliphatic rings. The van der Waals surface area contributed by atoms with E-state index in [1.165, 1.54) is 39.5 Å². The largest absolute Gasteiger partial charge is 0.461 e. The lowest BCUT2D eigenvalue weighted by Crippen LogP contribution is -2.43. The monoisotopic (exact) mass is 547 g/mol. The van der Waals surface area contributed by atoms with Crippen LogP contribution in [0.4, 0.5) is 14.6 Å². The number of hydrogen-bond acceptors (Lipinski definition) is 6. The third-order valence-corrected chi connectivity index (χ3v) is 9.84. The Labute approximate surface area is 235 Å². The van der Waals surface area contributed by atoms with Crippen LogP contribution < -0.4 is 9.64 Å². The second-order valence-corrected chi connectivity index (χ2v) is 13.4. The van der Waals surface area contributed by atoms with Gasteiger partial charge in [-0.25, -0.2) is 8.78 Å². The second-order valence-electron chi connectivity index (χ2n) is 13.4. The summed E-state index contributed by atoms with van der Waals surface area (Å²) in [6, 6.07) is 7.20. The molecule has 8 heteroatoms. The number of benzene rings is 1. The van der Waals surface area contributed by atoms with Gasteiger partial charge >= 0.3 is 6.01 Å². The fourth-order valence-corrected chi connectivity index (χ4v) is 8.13. The van der Waals surface area contributed by atoms with Gasteiger partial charge in [-0.3, -0.25) is 9.88 Å². The molecule has 1 aliphatic carbocycles. The van der Waals surface area contributed by atoms with Crippen molar-refractivity contribution < 1.29 is 13.5 Å². The van der Waals surface area contributed by atoms with E-state index in [1.54, 1.807) is 30.5 Å². The van der Waals surface area contributed by atoms with Gasteiger partial charge in [0.1, 0.15) is 29.3 Å². The molecule has 40 heavy (non-hydrogen) atoms. The van der Waals surface area contributed by atoms with Gasteiger partial charge in [0, 0.05) is 31.4 Å². The maximum Gasteiger partial charge on any atom is 0.319 e. The number of pyridine rings is 1. The number of ether oxygens (including phenoxy) is 1. The number of alkyl halides is 1. The fourth-order valence-electron chi connectivity index (χ4n) is 8.13. The Balaban J connectivity index is 1.32. The number of aromatic nitrogens is 3. The molecule has 3 aromatic rings. The maximum atomic E-state index is 16.5. The SMILES string of the molecule is C[C@H]1CN2CCC[C@@]2(COc2nc(N3CC4CCC(C4)C3)c3cnc(-c4ccccc4C(C)(C)F)c(F)c3n2)C1. The number of halogens is 2. The molecule has 4 atom stereocenters. The predicted octanol–water partition coefficient (Wildman–Crippen LogP) is 6.53. The van der Waals surface area contributed by atoms with Gasteiger partial charge in [0.05, 0.1) is 10.9 Å². The van der Waals surface area contributed by atoms with Crippen molar-refractivity contribution in [2.24, 2.45) is 17.8 Å². The number of fused-ring (bicyclic) bond motifs is 4. The van der Waals surface area contributed by atoms with Crippen molar-refractivity contribution in [1.82, 2.24) is 19.9 Å². The van der Waals surface area contributed by atoms with E-state index in [2.05, 4.69) is 26.7 Å². The minimum atomic E-state index is -1.65. The molecule has 0 spiro atoms. The smallest absolute Gasteiger partial charge is 0.319 e. The summed E-state index contributed by atoms with van der Waals surface area (Å²) in [5, 5.41) is 0.585. The number of nitrogens with zero attached hydrogens (tertiary/aromatic N) is 5. The van der Waals surface area contributed by atoms with E-state index < -0.39 is 11.5 Å². The van der Waals surface area contributed by atoms with Crippen molar-refractivity contribution in [2.75, 3.05) is 37.7 Å². The quantitative estimate of drug-likeness (QED) is 0.350. The van der Waals surface area contributed by atoms with Crippen LogP contribution in [0, 0.1) is 23.6 Å². The maximum absolute atomic E-state index is 16.5. The standard InChI is InChI=1S/C32H39F2N5O/c1-20-14-32(11-6-12-39(32)16-20)19-40-30-36-28-24(29(37-30)38-17-21-9-10-22(13-21)18-38)15-35-27(26(28)33)23-7-4-5-8-25(23)31(2,3)34/h4-5,7-8,15,20-22H,6,9-14,16-19H2,1-3H3/t20-,21?,22?,32+/m1/s1. The molecule has 0 radical (unpaired) electrons. The lowest BCUT2D eigenvalue weighted by molar-refractivity contribution is 0.107. The molecule has 1 saturated carbocycles.